The van der Waals surface area contributed by atoms with E-state index in [4.69, 9.17) is 17.3 Å². The number of piperidine rings is 1. The summed E-state index contributed by atoms with van der Waals surface area (Å²) in [7, 11) is 0. The van der Waals surface area contributed by atoms with Crippen molar-refractivity contribution in [3.8, 4) is 0 Å². The molecule has 5 heteroatoms. The Morgan fingerprint density at radius 1 is 1.56 bits per heavy atom. The van der Waals surface area contributed by atoms with Gasteiger partial charge in [0.25, 0.3) is 5.91 Å². The van der Waals surface area contributed by atoms with Crippen LogP contribution >= 0.6 is 11.6 Å². The van der Waals surface area contributed by atoms with E-state index in [0.29, 0.717) is 17.3 Å². The molecular weight excluding hydrogens is 250 g/mol. The summed E-state index contributed by atoms with van der Waals surface area (Å²) in [5.41, 5.74) is 6.20. The summed E-state index contributed by atoms with van der Waals surface area (Å²) >= 11 is 5.78. The SMILES string of the molecule is CC1CCCC(CN)N1C(=O)c1ccc(Cl)cn1. The second-order valence-corrected chi connectivity index (χ2v) is 5.18. The van der Waals surface area contributed by atoms with Gasteiger partial charge in [-0.15, -0.1) is 0 Å². The third-order valence-electron chi connectivity index (χ3n) is 3.48. The lowest BCUT2D eigenvalue weighted by Crippen LogP contribution is -2.52. The molecule has 1 aliphatic heterocycles. The van der Waals surface area contributed by atoms with Crippen LogP contribution in [0.3, 0.4) is 0 Å². The molecule has 0 saturated carbocycles. The van der Waals surface area contributed by atoms with Crippen molar-refractivity contribution in [1.29, 1.82) is 0 Å². The minimum Gasteiger partial charge on any atom is -0.330 e. The number of nitrogens with two attached hydrogens (primary N) is 1. The molecule has 0 aromatic carbocycles. The van der Waals surface area contributed by atoms with Crippen LogP contribution in [0, 0.1) is 0 Å². The molecule has 2 atom stereocenters. The Kier molecular flexibility index (Phi) is 4.19. The van der Waals surface area contributed by atoms with Gasteiger partial charge in [-0.1, -0.05) is 11.6 Å². The van der Waals surface area contributed by atoms with Gasteiger partial charge in [-0.25, -0.2) is 4.98 Å². The molecule has 0 spiro atoms. The summed E-state index contributed by atoms with van der Waals surface area (Å²) in [6, 6.07) is 3.70. The predicted molar refractivity (Wildman–Crippen MR) is 71.6 cm³/mol. The van der Waals surface area contributed by atoms with Crippen LogP contribution in [0.4, 0.5) is 0 Å². The smallest absolute Gasteiger partial charge is 0.272 e. The normalized spacial score (nSPS) is 24.1. The number of likely N-dealkylation sites (tertiary alicyclic amines) is 1. The van der Waals surface area contributed by atoms with Gasteiger partial charge in [-0.2, -0.15) is 0 Å². The van der Waals surface area contributed by atoms with E-state index < -0.39 is 0 Å². The van der Waals surface area contributed by atoms with E-state index in [-0.39, 0.29) is 18.0 Å². The third kappa shape index (κ3) is 2.65. The van der Waals surface area contributed by atoms with Gasteiger partial charge in [0.1, 0.15) is 5.69 Å². The lowest BCUT2D eigenvalue weighted by Gasteiger charge is -2.40. The Bertz CT molecular complexity index is 421. The summed E-state index contributed by atoms with van der Waals surface area (Å²) in [6.07, 6.45) is 4.62. The summed E-state index contributed by atoms with van der Waals surface area (Å²) in [6.45, 7) is 2.57. The molecule has 2 heterocycles. The second kappa shape index (κ2) is 5.67. The molecule has 0 aliphatic carbocycles. The molecule has 2 unspecified atom stereocenters. The first-order chi connectivity index (χ1) is 8.63. The van der Waals surface area contributed by atoms with Crippen molar-refractivity contribution < 1.29 is 4.79 Å². The van der Waals surface area contributed by atoms with E-state index in [2.05, 4.69) is 11.9 Å². The predicted octanol–water partition coefficient (Wildman–Crippen LogP) is 2.08. The number of amides is 1. The summed E-state index contributed by atoms with van der Waals surface area (Å²) in [4.78, 5) is 18.4. The van der Waals surface area contributed by atoms with Crippen LogP contribution in [-0.2, 0) is 0 Å². The Hall–Kier alpha value is -1.13. The van der Waals surface area contributed by atoms with Gasteiger partial charge in [-0.3, -0.25) is 4.79 Å². The average molecular weight is 268 g/mol. The van der Waals surface area contributed by atoms with Crippen molar-refractivity contribution in [3.05, 3.63) is 29.0 Å². The Labute approximate surface area is 112 Å². The van der Waals surface area contributed by atoms with Crippen molar-refractivity contribution >= 4 is 17.5 Å². The Morgan fingerprint density at radius 2 is 2.33 bits per heavy atom. The first-order valence-electron chi connectivity index (χ1n) is 6.27. The summed E-state index contributed by atoms with van der Waals surface area (Å²) in [5, 5.41) is 0.536. The highest BCUT2D eigenvalue weighted by Crippen LogP contribution is 2.24. The zero-order chi connectivity index (χ0) is 13.1. The fourth-order valence-electron chi connectivity index (χ4n) is 2.52. The Morgan fingerprint density at radius 3 is 2.94 bits per heavy atom. The number of pyridine rings is 1. The van der Waals surface area contributed by atoms with Crippen molar-refractivity contribution in [2.75, 3.05) is 6.54 Å². The summed E-state index contributed by atoms with van der Waals surface area (Å²) < 4.78 is 0. The number of nitrogens with zero attached hydrogens (tertiary/aromatic N) is 2. The number of rotatable bonds is 2. The molecule has 4 nitrogen and oxygen atoms in total. The molecule has 1 aromatic heterocycles. The van der Waals surface area contributed by atoms with Gasteiger partial charge in [0, 0.05) is 24.8 Å². The van der Waals surface area contributed by atoms with Gasteiger partial charge >= 0.3 is 0 Å². The average Bonchev–Trinajstić information content (AvgIpc) is 2.38. The maximum Gasteiger partial charge on any atom is 0.272 e. The lowest BCUT2D eigenvalue weighted by molar-refractivity contribution is 0.0488. The first kappa shape index (κ1) is 13.3. The maximum absolute atomic E-state index is 12.5. The molecule has 0 bridgehead atoms. The van der Waals surface area contributed by atoms with E-state index in [1.54, 1.807) is 12.1 Å². The number of aromatic nitrogens is 1. The van der Waals surface area contributed by atoms with Gasteiger partial charge in [0.2, 0.25) is 0 Å². The number of carbonyl (C=O) groups is 1. The topological polar surface area (TPSA) is 59.2 Å². The minimum absolute atomic E-state index is 0.0469. The fourth-order valence-corrected chi connectivity index (χ4v) is 2.63. The largest absolute Gasteiger partial charge is 0.330 e. The molecule has 18 heavy (non-hydrogen) atoms. The van der Waals surface area contributed by atoms with Crippen molar-refractivity contribution in [1.82, 2.24) is 9.88 Å². The molecule has 1 amide bonds. The van der Waals surface area contributed by atoms with E-state index in [0.717, 1.165) is 19.3 Å². The molecule has 1 aromatic rings. The standard InChI is InChI=1S/C13H18ClN3O/c1-9-3-2-4-11(7-15)17(9)13(18)12-6-5-10(14)8-16-12/h5-6,8-9,11H,2-4,7,15H2,1H3. The number of carbonyl (C=O) groups excluding carboxylic acids is 1. The third-order valence-corrected chi connectivity index (χ3v) is 3.70. The van der Waals surface area contributed by atoms with Crippen molar-refractivity contribution in [2.24, 2.45) is 5.73 Å². The van der Waals surface area contributed by atoms with Crippen LogP contribution in [0.5, 0.6) is 0 Å². The van der Waals surface area contributed by atoms with Crippen LogP contribution in [-0.4, -0.2) is 34.4 Å². The highest BCUT2D eigenvalue weighted by atomic mass is 35.5. The highest BCUT2D eigenvalue weighted by Gasteiger charge is 2.31. The van der Waals surface area contributed by atoms with Crippen LogP contribution in [0.1, 0.15) is 36.7 Å². The van der Waals surface area contributed by atoms with Gasteiger partial charge < -0.3 is 10.6 Å². The molecule has 2 N–H and O–H groups in total. The monoisotopic (exact) mass is 267 g/mol. The zero-order valence-corrected chi connectivity index (χ0v) is 11.2. The van der Waals surface area contributed by atoms with Crippen molar-refractivity contribution in [3.63, 3.8) is 0 Å². The molecule has 2 rings (SSSR count). The molecular formula is C13H18ClN3O. The quantitative estimate of drug-likeness (QED) is 0.892. The molecule has 1 saturated heterocycles. The van der Waals surface area contributed by atoms with E-state index in [9.17, 15) is 4.79 Å². The maximum atomic E-state index is 12.5. The van der Waals surface area contributed by atoms with Crippen LogP contribution in [0.25, 0.3) is 0 Å². The molecule has 1 aliphatic rings. The lowest BCUT2D eigenvalue weighted by atomic mass is 9.96. The molecule has 1 fully saturated rings. The molecule has 98 valence electrons. The number of halogens is 1. The summed E-state index contributed by atoms with van der Waals surface area (Å²) in [5.74, 6) is -0.0469. The fraction of sp³-hybridized carbons (Fsp3) is 0.538. The van der Waals surface area contributed by atoms with Crippen LogP contribution < -0.4 is 5.73 Å². The minimum atomic E-state index is -0.0469. The molecule has 0 radical (unpaired) electrons. The van der Waals surface area contributed by atoms with E-state index in [1.807, 2.05) is 4.90 Å². The second-order valence-electron chi connectivity index (χ2n) is 4.74. The number of hydrogen-bond donors (Lipinski definition) is 1. The Balaban J connectivity index is 2.22. The van der Waals surface area contributed by atoms with Crippen LogP contribution in [0.15, 0.2) is 18.3 Å². The zero-order valence-electron chi connectivity index (χ0n) is 10.5. The van der Waals surface area contributed by atoms with E-state index >= 15 is 0 Å². The highest BCUT2D eigenvalue weighted by molar-refractivity contribution is 6.30. The number of hydrogen-bond acceptors (Lipinski definition) is 3. The van der Waals surface area contributed by atoms with Gasteiger partial charge in [0.05, 0.1) is 5.02 Å². The first-order valence-corrected chi connectivity index (χ1v) is 6.65. The van der Waals surface area contributed by atoms with Crippen molar-refractivity contribution in [2.45, 2.75) is 38.3 Å². The van der Waals surface area contributed by atoms with Crippen LogP contribution in [0.2, 0.25) is 5.02 Å². The van der Waals surface area contributed by atoms with E-state index in [1.165, 1.54) is 6.20 Å². The van der Waals surface area contributed by atoms with Gasteiger partial charge in [0.15, 0.2) is 0 Å². The van der Waals surface area contributed by atoms with Gasteiger partial charge in [-0.05, 0) is 38.3 Å².